The SMILES string of the molecule is CCNC(=O)CNC(=O)CN(CC(=O)NCC(=O)NCC)C(CCCCN)C(=O)NCC(=O)NCC. The number of nitrogens with zero attached hydrogens (tertiary/aromatic N) is 1. The van der Waals surface area contributed by atoms with E-state index in [-0.39, 0.29) is 56.9 Å². The Morgan fingerprint density at radius 1 is 0.611 bits per heavy atom. The summed E-state index contributed by atoms with van der Waals surface area (Å²) < 4.78 is 0. The summed E-state index contributed by atoms with van der Waals surface area (Å²) >= 11 is 0. The largest absolute Gasteiger partial charge is 0.355 e. The fourth-order valence-corrected chi connectivity index (χ4v) is 3.14. The van der Waals surface area contributed by atoms with Crippen LogP contribution in [0.25, 0.3) is 0 Å². The third kappa shape index (κ3) is 15.6. The van der Waals surface area contributed by atoms with Gasteiger partial charge in [0.05, 0.1) is 38.8 Å². The van der Waals surface area contributed by atoms with E-state index < -0.39 is 23.8 Å². The maximum absolute atomic E-state index is 13.0. The lowest BCUT2D eigenvalue weighted by atomic mass is 10.1. The number of carbonyl (C=O) groups excluding carboxylic acids is 6. The maximum Gasteiger partial charge on any atom is 0.239 e. The highest BCUT2D eigenvalue weighted by Gasteiger charge is 2.29. The molecule has 0 rings (SSSR count). The van der Waals surface area contributed by atoms with Gasteiger partial charge >= 0.3 is 0 Å². The smallest absolute Gasteiger partial charge is 0.239 e. The van der Waals surface area contributed by atoms with Crippen molar-refractivity contribution in [2.24, 2.45) is 5.73 Å². The number of nitrogens with two attached hydrogens (primary N) is 1. The van der Waals surface area contributed by atoms with Gasteiger partial charge in [0.15, 0.2) is 0 Å². The molecule has 36 heavy (non-hydrogen) atoms. The molecule has 206 valence electrons. The summed E-state index contributed by atoms with van der Waals surface area (Å²) in [5.74, 6) is -2.81. The second-order valence-electron chi connectivity index (χ2n) is 7.84. The van der Waals surface area contributed by atoms with Gasteiger partial charge in [0.1, 0.15) is 0 Å². The van der Waals surface area contributed by atoms with E-state index in [1.165, 1.54) is 4.90 Å². The molecule has 0 aromatic heterocycles. The van der Waals surface area contributed by atoms with Gasteiger partial charge in [-0.2, -0.15) is 0 Å². The fraction of sp³-hybridized carbons (Fsp3) is 0.727. The number of hydrogen-bond donors (Lipinski definition) is 7. The minimum Gasteiger partial charge on any atom is -0.355 e. The quantitative estimate of drug-likeness (QED) is 0.0861. The zero-order valence-electron chi connectivity index (χ0n) is 21.5. The third-order valence-electron chi connectivity index (χ3n) is 4.81. The van der Waals surface area contributed by atoms with Gasteiger partial charge in [-0.15, -0.1) is 0 Å². The molecule has 0 aliphatic carbocycles. The molecule has 14 heteroatoms. The Kier molecular flexibility index (Phi) is 18.2. The Balaban J connectivity index is 5.53. The molecule has 0 radical (unpaired) electrons. The van der Waals surface area contributed by atoms with Crippen molar-refractivity contribution in [2.75, 3.05) is 58.9 Å². The zero-order chi connectivity index (χ0) is 27.3. The molecule has 0 bridgehead atoms. The van der Waals surface area contributed by atoms with Gasteiger partial charge in [-0.1, -0.05) is 6.42 Å². The van der Waals surface area contributed by atoms with Gasteiger partial charge in [-0.05, 0) is 40.2 Å². The number of nitrogens with one attached hydrogen (secondary N) is 6. The topological polar surface area (TPSA) is 204 Å². The molecule has 0 saturated heterocycles. The standard InChI is InChI=1S/C22H42N8O6/c1-4-24-17(31)11-27-20(34)14-30(15-21(35)28-12-18(32)25-5-2)16(9-7-8-10-23)22(36)29-13-19(33)26-6-3/h16H,4-15,23H2,1-3H3,(H,24,31)(H,25,32)(H,26,33)(H,27,34)(H,28,35)(H,29,36). The Morgan fingerprint density at radius 2 is 1.03 bits per heavy atom. The number of unbranched alkanes of at least 4 members (excludes halogenated alkanes) is 1. The molecular weight excluding hydrogens is 472 g/mol. The van der Waals surface area contributed by atoms with Crippen LogP contribution in [0, 0.1) is 0 Å². The second kappa shape index (κ2) is 20.0. The Morgan fingerprint density at radius 3 is 1.42 bits per heavy atom. The molecular formula is C22H42N8O6. The Bertz CT molecular complexity index is 697. The average molecular weight is 515 g/mol. The van der Waals surface area contributed by atoms with Gasteiger partial charge in [-0.3, -0.25) is 33.7 Å². The van der Waals surface area contributed by atoms with E-state index in [0.29, 0.717) is 39.0 Å². The minimum absolute atomic E-state index is 0.259. The van der Waals surface area contributed by atoms with Crippen molar-refractivity contribution in [1.29, 1.82) is 0 Å². The van der Waals surface area contributed by atoms with E-state index in [4.69, 9.17) is 5.73 Å². The molecule has 0 saturated carbocycles. The molecule has 0 heterocycles. The fourth-order valence-electron chi connectivity index (χ4n) is 3.14. The van der Waals surface area contributed by atoms with Crippen molar-refractivity contribution < 1.29 is 28.8 Å². The van der Waals surface area contributed by atoms with Crippen LogP contribution in [0.3, 0.4) is 0 Å². The molecule has 0 fully saturated rings. The summed E-state index contributed by atoms with van der Waals surface area (Å²) in [7, 11) is 0. The molecule has 6 amide bonds. The van der Waals surface area contributed by atoms with Crippen molar-refractivity contribution >= 4 is 35.4 Å². The van der Waals surface area contributed by atoms with Crippen molar-refractivity contribution in [3.8, 4) is 0 Å². The second-order valence-corrected chi connectivity index (χ2v) is 7.84. The van der Waals surface area contributed by atoms with Crippen LogP contribution in [0.2, 0.25) is 0 Å². The van der Waals surface area contributed by atoms with Gasteiger partial charge in [0.25, 0.3) is 0 Å². The molecule has 0 aliphatic rings. The summed E-state index contributed by atoms with van der Waals surface area (Å²) in [6, 6.07) is -0.934. The molecule has 0 aromatic carbocycles. The highest BCUT2D eigenvalue weighted by molar-refractivity contribution is 5.90. The first-order chi connectivity index (χ1) is 17.2. The summed E-state index contributed by atoms with van der Waals surface area (Å²) in [6.45, 7) is 5.33. The summed E-state index contributed by atoms with van der Waals surface area (Å²) in [5, 5.41) is 15.1. The number of likely N-dealkylation sites (N-methyl/N-ethyl adjacent to an activating group) is 3. The summed E-state index contributed by atoms with van der Waals surface area (Å²) in [5.41, 5.74) is 5.57. The van der Waals surface area contributed by atoms with E-state index in [1.54, 1.807) is 20.8 Å². The minimum atomic E-state index is -0.934. The predicted molar refractivity (Wildman–Crippen MR) is 133 cm³/mol. The van der Waals surface area contributed by atoms with Crippen LogP contribution in [-0.4, -0.2) is 105 Å². The van der Waals surface area contributed by atoms with E-state index in [1.807, 2.05) is 0 Å². The van der Waals surface area contributed by atoms with Gasteiger partial charge in [0, 0.05) is 19.6 Å². The van der Waals surface area contributed by atoms with Crippen LogP contribution in [0.15, 0.2) is 0 Å². The van der Waals surface area contributed by atoms with Crippen LogP contribution in [-0.2, 0) is 28.8 Å². The third-order valence-corrected chi connectivity index (χ3v) is 4.81. The van der Waals surface area contributed by atoms with Gasteiger partial charge in [-0.25, -0.2) is 0 Å². The molecule has 0 aliphatic heterocycles. The molecule has 1 atom stereocenters. The van der Waals surface area contributed by atoms with E-state index in [2.05, 4.69) is 31.9 Å². The number of rotatable bonds is 19. The van der Waals surface area contributed by atoms with Crippen molar-refractivity contribution in [3.05, 3.63) is 0 Å². The predicted octanol–water partition coefficient (Wildman–Crippen LogP) is -3.46. The van der Waals surface area contributed by atoms with E-state index >= 15 is 0 Å². The highest BCUT2D eigenvalue weighted by Crippen LogP contribution is 2.10. The van der Waals surface area contributed by atoms with Crippen molar-refractivity contribution in [3.63, 3.8) is 0 Å². The monoisotopic (exact) mass is 514 g/mol. The van der Waals surface area contributed by atoms with Crippen LogP contribution in [0.4, 0.5) is 0 Å². The number of carbonyl (C=O) groups is 6. The van der Waals surface area contributed by atoms with Gasteiger partial charge in [0.2, 0.25) is 35.4 Å². The molecule has 14 nitrogen and oxygen atoms in total. The highest BCUT2D eigenvalue weighted by atomic mass is 16.2. The molecule has 8 N–H and O–H groups in total. The summed E-state index contributed by atoms with van der Waals surface area (Å²) in [4.78, 5) is 74.6. The first-order valence-electron chi connectivity index (χ1n) is 12.2. The van der Waals surface area contributed by atoms with Crippen LogP contribution < -0.4 is 37.6 Å². The Labute approximate surface area is 212 Å². The maximum atomic E-state index is 13.0. The lowest BCUT2D eigenvalue weighted by Crippen LogP contribution is -2.55. The van der Waals surface area contributed by atoms with Crippen molar-refractivity contribution in [2.45, 2.75) is 46.1 Å². The average Bonchev–Trinajstić information content (AvgIpc) is 2.83. The molecule has 0 aromatic rings. The Hall–Kier alpha value is -3.26. The van der Waals surface area contributed by atoms with Crippen molar-refractivity contribution in [1.82, 2.24) is 36.8 Å². The normalized spacial score (nSPS) is 11.2. The summed E-state index contributed by atoms with van der Waals surface area (Å²) in [6.07, 6.45) is 1.42. The van der Waals surface area contributed by atoms with Gasteiger partial charge < -0.3 is 37.6 Å². The van der Waals surface area contributed by atoms with Crippen LogP contribution in [0.5, 0.6) is 0 Å². The van der Waals surface area contributed by atoms with E-state index in [9.17, 15) is 28.8 Å². The number of amides is 6. The zero-order valence-corrected chi connectivity index (χ0v) is 21.5. The molecule has 1 unspecified atom stereocenters. The van der Waals surface area contributed by atoms with E-state index in [0.717, 1.165) is 0 Å². The van der Waals surface area contributed by atoms with Crippen LogP contribution in [0.1, 0.15) is 40.0 Å². The first kappa shape index (κ1) is 32.7. The lowest BCUT2D eigenvalue weighted by Gasteiger charge is -2.30. The number of hydrogen-bond acceptors (Lipinski definition) is 8. The first-order valence-corrected chi connectivity index (χ1v) is 12.2. The van der Waals surface area contributed by atoms with Crippen LogP contribution >= 0.6 is 0 Å². The lowest BCUT2D eigenvalue weighted by molar-refractivity contribution is -0.134. The molecule has 0 spiro atoms.